The lowest BCUT2D eigenvalue weighted by molar-refractivity contribution is -0.291. The largest absolute Gasteiger partial charge is 0.459 e. The number of ether oxygens (including phenoxy) is 1. The van der Waals surface area contributed by atoms with Crippen molar-refractivity contribution >= 4 is 17.2 Å². The van der Waals surface area contributed by atoms with Gasteiger partial charge in [-0.25, -0.2) is 4.68 Å². The minimum atomic E-state index is -6.15. The van der Waals surface area contributed by atoms with Crippen molar-refractivity contribution in [2.24, 2.45) is 7.05 Å². The Hall–Kier alpha value is -3.68. The Kier molecular flexibility index (Phi) is 6.65. The molecule has 0 aromatic carbocycles. The number of nitriles is 1. The van der Waals surface area contributed by atoms with Gasteiger partial charge < -0.3 is 9.64 Å². The fourth-order valence-corrected chi connectivity index (χ4v) is 4.53. The van der Waals surface area contributed by atoms with E-state index in [4.69, 9.17) is 0 Å². The van der Waals surface area contributed by atoms with Crippen molar-refractivity contribution in [3.63, 3.8) is 0 Å². The average Bonchev–Trinajstić information content (AvgIpc) is 3.23. The highest BCUT2D eigenvalue weighted by molar-refractivity contribution is 7.16. The maximum Gasteiger partial charge on any atom is 0.459 e. The van der Waals surface area contributed by atoms with Gasteiger partial charge in [-0.2, -0.15) is 45.8 Å². The molecule has 3 heterocycles. The molecule has 1 fully saturated rings. The van der Waals surface area contributed by atoms with Gasteiger partial charge in [-0.05, 0) is 25.8 Å². The van der Waals surface area contributed by atoms with Crippen molar-refractivity contribution in [3.05, 3.63) is 28.4 Å². The third-order valence-electron chi connectivity index (χ3n) is 5.45. The van der Waals surface area contributed by atoms with E-state index in [1.54, 1.807) is 11.8 Å². The maximum atomic E-state index is 14.0. The van der Waals surface area contributed by atoms with Gasteiger partial charge in [-0.15, -0.1) is 16.4 Å². The first-order chi connectivity index (χ1) is 17.3. The molecule has 0 bridgehead atoms. The molecule has 3 aromatic rings. The van der Waals surface area contributed by atoms with Crippen LogP contribution in [0.3, 0.4) is 0 Å². The number of carbonyl (C=O) groups excluding carboxylic acids is 1. The number of nitrogens with zero attached hydrogens (tertiary/aromatic N) is 7. The lowest BCUT2D eigenvalue weighted by atomic mass is 10.2. The first kappa shape index (κ1) is 26.4. The number of hydrogen-bond donors (Lipinski definition) is 0. The Balaban J connectivity index is 1.76. The van der Waals surface area contributed by atoms with Crippen LogP contribution in [0, 0.1) is 11.3 Å². The molecule has 0 aliphatic heterocycles. The first-order valence-corrected chi connectivity index (χ1v) is 11.4. The van der Waals surface area contributed by atoms with E-state index in [0.29, 0.717) is 15.9 Å². The second-order valence-electron chi connectivity index (χ2n) is 7.91. The van der Waals surface area contributed by atoms with Crippen molar-refractivity contribution in [3.8, 4) is 28.2 Å². The molecule has 1 saturated carbocycles. The van der Waals surface area contributed by atoms with Gasteiger partial charge in [0.1, 0.15) is 16.6 Å². The quantitative estimate of drug-likeness (QED) is 0.383. The molecular formula is C20H16F7N7O2S. The predicted octanol–water partition coefficient (Wildman–Crippen LogP) is 4.48. The van der Waals surface area contributed by atoms with E-state index in [-0.39, 0.29) is 33.0 Å². The Bertz CT molecular complexity index is 1370. The normalized spacial score (nSPS) is 14.2. The van der Waals surface area contributed by atoms with E-state index in [1.807, 2.05) is 6.07 Å². The maximum absolute atomic E-state index is 14.0. The number of hydrogen-bond acceptors (Lipinski definition) is 7. The standard InChI is InChI=1S/C20H16F7N7O2S/c1-3-33(9-4-5-9)17(35)10-6-12(37-13(10)7-28)11-8-34(31-29-11)16-14(36-18(21)22)15(30-32(16)2)19(23,24)20(25,26)27/h6,8-9,18H,3-5H2,1-2H3. The van der Waals surface area contributed by atoms with Gasteiger partial charge in [-0.1, -0.05) is 5.21 Å². The van der Waals surface area contributed by atoms with Crippen LogP contribution in [0.15, 0.2) is 12.3 Å². The Morgan fingerprint density at radius 1 is 1.32 bits per heavy atom. The van der Waals surface area contributed by atoms with Gasteiger partial charge in [0.05, 0.1) is 16.6 Å². The molecule has 37 heavy (non-hydrogen) atoms. The lowest BCUT2D eigenvalue weighted by Gasteiger charge is -2.19. The van der Waals surface area contributed by atoms with Gasteiger partial charge >= 0.3 is 18.7 Å². The molecule has 9 nitrogen and oxygen atoms in total. The number of amides is 1. The number of thiophene rings is 1. The zero-order chi connectivity index (χ0) is 27.3. The second kappa shape index (κ2) is 9.32. The average molecular weight is 551 g/mol. The van der Waals surface area contributed by atoms with Crippen molar-refractivity contribution in [1.29, 1.82) is 5.26 Å². The monoisotopic (exact) mass is 551 g/mol. The lowest BCUT2D eigenvalue weighted by Crippen LogP contribution is -2.34. The topological polar surface area (TPSA) is 102 Å². The summed E-state index contributed by atoms with van der Waals surface area (Å²) in [4.78, 5) is 14.9. The highest BCUT2D eigenvalue weighted by Gasteiger charge is 2.62. The Morgan fingerprint density at radius 3 is 2.54 bits per heavy atom. The SMILES string of the molecule is CCN(C(=O)c1cc(-c2cn(-c3c(OC(F)F)c(C(F)(F)C(F)(F)F)nn3C)nn2)sc1C#N)C1CC1. The Morgan fingerprint density at radius 2 is 2.00 bits per heavy atom. The summed E-state index contributed by atoms with van der Waals surface area (Å²) in [6, 6.07) is 3.39. The summed E-state index contributed by atoms with van der Waals surface area (Å²) in [5.74, 6) is -8.31. The number of alkyl halides is 7. The fraction of sp³-hybridized carbons (Fsp3) is 0.450. The van der Waals surface area contributed by atoms with Crippen molar-refractivity contribution in [2.45, 2.75) is 44.5 Å². The van der Waals surface area contributed by atoms with Crippen molar-refractivity contribution in [2.75, 3.05) is 6.54 Å². The molecule has 0 spiro atoms. The highest BCUT2D eigenvalue weighted by atomic mass is 32.1. The van der Waals surface area contributed by atoms with Crippen LogP contribution in [-0.2, 0) is 13.0 Å². The zero-order valence-corrected chi connectivity index (χ0v) is 19.7. The summed E-state index contributed by atoms with van der Waals surface area (Å²) in [7, 11) is 0.928. The molecule has 0 atom stereocenters. The predicted molar refractivity (Wildman–Crippen MR) is 112 cm³/mol. The summed E-state index contributed by atoms with van der Waals surface area (Å²) >= 11 is 0.874. The van der Waals surface area contributed by atoms with Crippen molar-refractivity contribution < 1.29 is 40.3 Å². The van der Waals surface area contributed by atoms with Gasteiger partial charge in [0.25, 0.3) is 5.91 Å². The number of aromatic nitrogens is 5. The molecule has 0 radical (unpaired) electrons. The van der Waals surface area contributed by atoms with E-state index in [0.717, 1.165) is 37.4 Å². The van der Waals surface area contributed by atoms with E-state index in [1.165, 1.54) is 6.07 Å². The Labute approximate surface area is 207 Å². The van der Waals surface area contributed by atoms with Gasteiger partial charge in [0.2, 0.25) is 0 Å². The molecule has 1 amide bonds. The number of carbonyl (C=O) groups is 1. The second-order valence-corrected chi connectivity index (χ2v) is 8.96. The molecule has 0 N–H and O–H groups in total. The van der Waals surface area contributed by atoms with Crippen LogP contribution < -0.4 is 4.74 Å². The van der Waals surface area contributed by atoms with Crippen LogP contribution in [0.5, 0.6) is 5.75 Å². The van der Waals surface area contributed by atoms with Gasteiger partial charge in [0, 0.05) is 19.6 Å². The molecular weight excluding hydrogens is 535 g/mol. The van der Waals surface area contributed by atoms with Crippen molar-refractivity contribution in [1.82, 2.24) is 29.7 Å². The summed E-state index contributed by atoms with van der Waals surface area (Å²) in [6.07, 6.45) is -3.43. The van der Waals surface area contributed by atoms with Gasteiger partial charge in [0.15, 0.2) is 17.3 Å². The van der Waals surface area contributed by atoms with Crippen LogP contribution in [0.25, 0.3) is 16.4 Å². The van der Waals surface area contributed by atoms with Crippen LogP contribution >= 0.6 is 11.3 Å². The minimum absolute atomic E-state index is 0.0108. The van der Waals surface area contributed by atoms with Crippen LogP contribution in [0.4, 0.5) is 30.7 Å². The minimum Gasteiger partial charge on any atom is -0.428 e. The van der Waals surface area contributed by atoms with E-state index in [2.05, 4.69) is 20.1 Å². The fourth-order valence-electron chi connectivity index (χ4n) is 3.63. The van der Waals surface area contributed by atoms with Gasteiger partial charge in [-0.3, -0.25) is 4.79 Å². The summed E-state index contributed by atoms with van der Waals surface area (Å²) in [5, 5.41) is 20.0. The summed E-state index contributed by atoms with van der Waals surface area (Å²) < 4.78 is 98.0. The van der Waals surface area contributed by atoms with Crippen LogP contribution in [-0.4, -0.2) is 61.0 Å². The molecule has 17 heteroatoms. The molecule has 0 unspecified atom stereocenters. The van der Waals surface area contributed by atoms with E-state index < -0.39 is 36.0 Å². The third kappa shape index (κ3) is 4.72. The number of halogens is 7. The van der Waals surface area contributed by atoms with E-state index >= 15 is 0 Å². The smallest absolute Gasteiger partial charge is 0.428 e. The molecule has 1 aliphatic carbocycles. The molecule has 3 aromatic heterocycles. The molecule has 1 aliphatic rings. The summed E-state index contributed by atoms with van der Waals surface area (Å²) in [5.41, 5.74) is -1.98. The van der Waals surface area contributed by atoms with E-state index in [9.17, 15) is 40.8 Å². The van der Waals surface area contributed by atoms with Crippen LogP contribution in [0.2, 0.25) is 0 Å². The van der Waals surface area contributed by atoms with Crippen LogP contribution in [0.1, 0.15) is 40.7 Å². The number of rotatable bonds is 8. The summed E-state index contributed by atoms with van der Waals surface area (Å²) in [6.45, 7) is -1.54. The molecule has 198 valence electrons. The molecule has 4 rings (SSSR count). The highest BCUT2D eigenvalue weighted by Crippen LogP contribution is 2.48. The first-order valence-electron chi connectivity index (χ1n) is 10.5. The third-order valence-corrected chi connectivity index (χ3v) is 6.51. The molecule has 0 saturated heterocycles. The number of aryl methyl sites for hydroxylation is 1. The zero-order valence-electron chi connectivity index (χ0n) is 18.9.